The molecule has 1 aliphatic heterocycles. The van der Waals surface area contributed by atoms with Gasteiger partial charge in [0.1, 0.15) is 0 Å². The number of amides is 2. The topological polar surface area (TPSA) is 61.4 Å². The van der Waals surface area contributed by atoms with Crippen molar-refractivity contribution < 1.29 is 9.59 Å². The quantitative estimate of drug-likeness (QED) is 0.825. The van der Waals surface area contributed by atoms with Crippen molar-refractivity contribution in [1.29, 1.82) is 0 Å². The Morgan fingerprint density at radius 3 is 2.73 bits per heavy atom. The van der Waals surface area contributed by atoms with Crippen LogP contribution in [0.2, 0.25) is 0 Å². The maximum atomic E-state index is 12.3. The number of anilines is 1. The van der Waals surface area contributed by atoms with Crippen molar-refractivity contribution in [1.82, 2.24) is 10.2 Å². The van der Waals surface area contributed by atoms with Crippen LogP contribution in [0.4, 0.5) is 5.69 Å². The van der Waals surface area contributed by atoms with E-state index >= 15 is 0 Å². The van der Waals surface area contributed by atoms with E-state index in [4.69, 9.17) is 6.42 Å². The fraction of sp³-hybridized carbons (Fsp3) is 0.412. The number of benzene rings is 1. The first-order valence-corrected chi connectivity index (χ1v) is 7.43. The molecule has 1 aliphatic rings. The van der Waals surface area contributed by atoms with Gasteiger partial charge in [0.2, 0.25) is 5.91 Å². The Morgan fingerprint density at radius 1 is 1.36 bits per heavy atom. The second-order valence-electron chi connectivity index (χ2n) is 5.40. The van der Waals surface area contributed by atoms with Crippen LogP contribution in [0.1, 0.15) is 23.2 Å². The summed E-state index contributed by atoms with van der Waals surface area (Å²) in [4.78, 5) is 26.1. The predicted molar refractivity (Wildman–Crippen MR) is 86.5 cm³/mol. The molecule has 0 saturated carbocycles. The molecule has 22 heavy (non-hydrogen) atoms. The minimum absolute atomic E-state index is 0.00215. The Hall–Kier alpha value is -2.32. The second kappa shape index (κ2) is 7.62. The number of nitrogens with zero attached hydrogens (tertiary/aromatic N) is 1. The fourth-order valence-corrected chi connectivity index (χ4v) is 2.61. The van der Waals surface area contributed by atoms with Crippen LogP contribution in [0.25, 0.3) is 0 Å². The Kier molecular flexibility index (Phi) is 5.56. The molecular weight excluding hydrogens is 278 g/mol. The van der Waals surface area contributed by atoms with Gasteiger partial charge in [0.25, 0.3) is 5.91 Å². The van der Waals surface area contributed by atoms with Crippen molar-refractivity contribution in [2.45, 2.75) is 12.8 Å². The summed E-state index contributed by atoms with van der Waals surface area (Å²) in [6.45, 7) is 2.34. The summed E-state index contributed by atoms with van der Waals surface area (Å²) >= 11 is 0. The van der Waals surface area contributed by atoms with Crippen LogP contribution in [0.3, 0.4) is 0 Å². The number of carbonyl (C=O) groups is 2. The average Bonchev–Trinajstić information content (AvgIpc) is 2.55. The number of likely N-dealkylation sites (tertiary alicyclic amines) is 1. The number of nitrogens with one attached hydrogen (secondary N) is 2. The largest absolute Gasteiger partial charge is 0.355 e. The highest BCUT2D eigenvalue weighted by molar-refractivity contribution is 5.97. The van der Waals surface area contributed by atoms with Crippen molar-refractivity contribution in [2.24, 2.45) is 5.92 Å². The third kappa shape index (κ3) is 4.09. The van der Waals surface area contributed by atoms with E-state index in [0.29, 0.717) is 17.8 Å². The van der Waals surface area contributed by atoms with Crippen molar-refractivity contribution in [2.75, 3.05) is 32.0 Å². The summed E-state index contributed by atoms with van der Waals surface area (Å²) in [6, 6.07) is 6.95. The van der Waals surface area contributed by atoms with Crippen LogP contribution in [0.5, 0.6) is 0 Å². The van der Waals surface area contributed by atoms with Crippen molar-refractivity contribution in [3.63, 3.8) is 0 Å². The molecule has 0 radical (unpaired) electrons. The maximum Gasteiger partial charge on any atom is 0.251 e. The van der Waals surface area contributed by atoms with Gasteiger partial charge < -0.3 is 10.6 Å². The van der Waals surface area contributed by atoms with E-state index in [0.717, 1.165) is 25.9 Å². The molecule has 1 fully saturated rings. The van der Waals surface area contributed by atoms with E-state index in [1.807, 2.05) is 0 Å². The number of piperidine rings is 1. The Balaban J connectivity index is 1.93. The van der Waals surface area contributed by atoms with E-state index in [2.05, 4.69) is 21.5 Å². The minimum atomic E-state index is -0.168. The third-order valence-electron chi connectivity index (χ3n) is 3.89. The van der Waals surface area contributed by atoms with Gasteiger partial charge in [-0.1, -0.05) is 12.0 Å². The zero-order valence-corrected chi connectivity index (χ0v) is 12.8. The summed E-state index contributed by atoms with van der Waals surface area (Å²) in [7, 11) is 1.58. The van der Waals surface area contributed by atoms with Crippen LogP contribution in [0.15, 0.2) is 24.3 Å². The van der Waals surface area contributed by atoms with Gasteiger partial charge in [-0.3, -0.25) is 14.5 Å². The summed E-state index contributed by atoms with van der Waals surface area (Å²) in [6.07, 6.45) is 6.92. The Labute approximate surface area is 131 Å². The molecule has 1 aromatic carbocycles. The lowest BCUT2D eigenvalue weighted by molar-refractivity contribution is -0.121. The first-order valence-electron chi connectivity index (χ1n) is 7.43. The summed E-state index contributed by atoms with van der Waals surface area (Å²) in [5.41, 5.74) is 1.18. The summed E-state index contributed by atoms with van der Waals surface area (Å²) in [5, 5.41) is 5.47. The van der Waals surface area contributed by atoms with Crippen molar-refractivity contribution in [3.05, 3.63) is 29.8 Å². The van der Waals surface area contributed by atoms with E-state index in [9.17, 15) is 9.59 Å². The maximum absolute atomic E-state index is 12.3. The van der Waals surface area contributed by atoms with Crippen LogP contribution >= 0.6 is 0 Å². The molecule has 2 rings (SSSR count). The average molecular weight is 299 g/mol. The summed E-state index contributed by atoms with van der Waals surface area (Å²) < 4.78 is 0. The molecular formula is C17H21N3O2. The van der Waals surface area contributed by atoms with Gasteiger partial charge in [0, 0.05) is 24.2 Å². The first-order chi connectivity index (χ1) is 10.6. The molecule has 1 heterocycles. The van der Waals surface area contributed by atoms with Crippen LogP contribution < -0.4 is 10.6 Å². The molecule has 5 heteroatoms. The van der Waals surface area contributed by atoms with Gasteiger partial charge in [0.05, 0.1) is 6.54 Å². The lowest BCUT2D eigenvalue weighted by Gasteiger charge is -2.29. The second-order valence-corrected chi connectivity index (χ2v) is 5.40. The first kappa shape index (κ1) is 16.1. The molecule has 0 spiro atoms. The smallest absolute Gasteiger partial charge is 0.251 e. The van der Waals surface area contributed by atoms with Crippen LogP contribution in [-0.4, -0.2) is 43.4 Å². The van der Waals surface area contributed by atoms with E-state index in [1.54, 1.807) is 31.3 Å². The molecule has 0 atom stereocenters. The molecule has 0 aromatic heterocycles. The summed E-state index contributed by atoms with van der Waals surface area (Å²) in [5.74, 6) is 2.47. The Bertz CT molecular complexity index is 584. The lowest BCUT2D eigenvalue weighted by Crippen LogP contribution is -2.38. The highest BCUT2D eigenvalue weighted by Crippen LogP contribution is 2.19. The predicted octanol–water partition coefficient (Wildman–Crippen LogP) is 1.33. The Morgan fingerprint density at radius 2 is 2.09 bits per heavy atom. The van der Waals surface area contributed by atoms with Gasteiger partial charge >= 0.3 is 0 Å². The molecule has 0 bridgehead atoms. The highest BCUT2D eigenvalue weighted by Gasteiger charge is 2.24. The van der Waals surface area contributed by atoms with E-state index < -0.39 is 0 Å². The van der Waals surface area contributed by atoms with Gasteiger partial charge in [0.15, 0.2) is 0 Å². The lowest BCUT2D eigenvalue weighted by atomic mass is 9.96. The normalized spacial score (nSPS) is 15.8. The van der Waals surface area contributed by atoms with Crippen molar-refractivity contribution >= 4 is 17.5 Å². The number of rotatable bonds is 4. The zero-order valence-electron chi connectivity index (χ0n) is 12.8. The number of hydrogen-bond acceptors (Lipinski definition) is 3. The van der Waals surface area contributed by atoms with Crippen LogP contribution in [0, 0.1) is 18.3 Å². The molecule has 0 aliphatic carbocycles. The molecule has 0 unspecified atom stereocenters. The fourth-order valence-electron chi connectivity index (χ4n) is 2.61. The van der Waals surface area contributed by atoms with Gasteiger partial charge in [-0.25, -0.2) is 0 Å². The number of hydrogen-bond donors (Lipinski definition) is 2. The van der Waals surface area contributed by atoms with Crippen molar-refractivity contribution in [3.8, 4) is 12.3 Å². The SMILES string of the molecule is C#CCN1CCC(C(=O)Nc2cccc(C(=O)NC)c2)CC1. The molecule has 5 nitrogen and oxygen atoms in total. The monoisotopic (exact) mass is 299 g/mol. The van der Waals surface area contributed by atoms with Gasteiger partial charge in [-0.2, -0.15) is 0 Å². The number of terminal acetylenes is 1. The minimum Gasteiger partial charge on any atom is -0.355 e. The molecule has 2 N–H and O–H groups in total. The zero-order chi connectivity index (χ0) is 15.9. The highest BCUT2D eigenvalue weighted by atomic mass is 16.2. The van der Waals surface area contributed by atoms with E-state index in [1.165, 1.54) is 0 Å². The molecule has 116 valence electrons. The number of carbonyl (C=O) groups excluding carboxylic acids is 2. The molecule has 1 saturated heterocycles. The molecule has 2 amide bonds. The molecule has 1 aromatic rings. The van der Waals surface area contributed by atoms with E-state index in [-0.39, 0.29) is 17.7 Å². The van der Waals surface area contributed by atoms with Gasteiger partial charge in [-0.15, -0.1) is 6.42 Å². The third-order valence-corrected chi connectivity index (χ3v) is 3.89. The van der Waals surface area contributed by atoms with Gasteiger partial charge in [-0.05, 0) is 44.1 Å². The standard InChI is InChI=1S/C17H21N3O2/c1-3-9-20-10-7-13(8-11-20)17(22)19-15-6-4-5-14(12-15)16(21)18-2/h1,4-6,12-13H,7-11H2,2H3,(H,18,21)(H,19,22). The van der Waals surface area contributed by atoms with Crippen LogP contribution in [-0.2, 0) is 4.79 Å².